The Kier molecular flexibility index (Phi) is 29.9. The van der Waals surface area contributed by atoms with Crippen molar-refractivity contribution in [3.8, 4) is 0 Å². The Labute approximate surface area is 146 Å². The van der Waals surface area contributed by atoms with E-state index in [1.807, 2.05) is 0 Å². The minimum Gasteiger partial charge on any atom is -1.00 e. The molecular formula is C15H33Cl2Ta. The quantitative estimate of drug-likeness (QED) is 0.428. The summed E-state index contributed by atoms with van der Waals surface area (Å²) in [7, 11) is 0. The molecule has 0 aromatic rings. The van der Waals surface area contributed by atoms with Crippen LogP contribution in [0.15, 0.2) is 0 Å². The molecule has 3 heteroatoms. The van der Waals surface area contributed by atoms with E-state index < -0.39 is 0 Å². The summed E-state index contributed by atoms with van der Waals surface area (Å²) < 4.78 is 0. The van der Waals surface area contributed by atoms with Gasteiger partial charge in [0.25, 0.3) is 0 Å². The molecular weight excluding hydrogens is 432 g/mol. The largest absolute Gasteiger partial charge is 5.00 e. The third-order valence-electron chi connectivity index (χ3n) is 0. The summed E-state index contributed by atoms with van der Waals surface area (Å²) >= 11 is 0. The van der Waals surface area contributed by atoms with Crippen LogP contribution in [0.4, 0.5) is 0 Å². The van der Waals surface area contributed by atoms with Gasteiger partial charge in [0.2, 0.25) is 0 Å². The third-order valence-corrected chi connectivity index (χ3v) is 0. The van der Waals surface area contributed by atoms with Gasteiger partial charge in [-0.05, 0) is 0 Å². The normalized spacial score (nSPS) is 10.0. The maximum atomic E-state index is 3.77. The van der Waals surface area contributed by atoms with Crippen LogP contribution >= 0.6 is 0 Å². The molecule has 0 aliphatic carbocycles. The van der Waals surface area contributed by atoms with Gasteiger partial charge in [0.15, 0.2) is 0 Å². The van der Waals surface area contributed by atoms with Crippen molar-refractivity contribution < 1.29 is 47.2 Å². The second-order valence-corrected chi connectivity index (χ2v) is 7.68. The number of hydrogen-bond acceptors (Lipinski definition) is 0. The fourth-order valence-corrected chi connectivity index (χ4v) is 0. The number of rotatable bonds is 0. The van der Waals surface area contributed by atoms with Gasteiger partial charge in [-0.15, -0.1) is 0 Å². The van der Waals surface area contributed by atoms with Crippen LogP contribution in [0.2, 0.25) is 0 Å². The SMILES string of the molecule is [CH2-]C(C)(C)C.[CH2-]C(C)(C)C.[CH2-]C(C)(C)C.[Cl-].[Cl-].[Ta+5]. The maximum absolute atomic E-state index is 3.77. The Hall–Kier alpha value is 1.32. The van der Waals surface area contributed by atoms with E-state index >= 15 is 0 Å². The molecule has 0 atom stereocenters. The van der Waals surface area contributed by atoms with Crippen LogP contribution in [0.5, 0.6) is 0 Å². The molecule has 0 N–H and O–H groups in total. The predicted molar refractivity (Wildman–Crippen MR) is 74.4 cm³/mol. The summed E-state index contributed by atoms with van der Waals surface area (Å²) in [5.74, 6) is 0. The zero-order chi connectivity index (χ0) is 13.5. The standard InChI is InChI=1S/3C5H11.2ClH.Ta/c3*1-5(2,3)4;;;/h3*1H2,2-4H3;2*1H;/q3*-1;;;+5/p-2. The molecule has 0 spiro atoms. The fourth-order valence-electron chi connectivity index (χ4n) is 0. The van der Waals surface area contributed by atoms with Crippen molar-refractivity contribution in [2.24, 2.45) is 16.2 Å². The van der Waals surface area contributed by atoms with Gasteiger partial charge in [0, 0.05) is 0 Å². The van der Waals surface area contributed by atoms with E-state index in [2.05, 4.69) is 83.1 Å². The monoisotopic (exact) mass is 464 g/mol. The summed E-state index contributed by atoms with van der Waals surface area (Å²) in [4.78, 5) is 0. The van der Waals surface area contributed by atoms with Crippen LogP contribution in [0, 0.1) is 37.0 Å². The molecule has 0 rings (SSSR count). The Balaban J connectivity index is -0.0000000277. The van der Waals surface area contributed by atoms with Crippen molar-refractivity contribution in [1.82, 2.24) is 0 Å². The van der Waals surface area contributed by atoms with Crippen LogP contribution in [0.25, 0.3) is 0 Å². The topological polar surface area (TPSA) is 0 Å². The van der Waals surface area contributed by atoms with Crippen molar-refractivity contribution >= 4 is 0 Å². The first kappa shape index (κ1) is 36.5. The molecule has 0 saturated carbocycles. The van der Waals surface area contributed by atoms with Crippen LogP contribution in [-0.2, 0) is 22.4 Å². The predicted octanol–water partition coefficient (Wildman–Crippen LogP) is -0.395. The van der Waals surface area contributed by atoms with Crippen molar-refractivity contribution in [2.45, 2.75) is 62.3 Å². The van der Waals surface area contributed by atoms with Gasteiger partial charge in [-0.25, -0.2) is 0 Å². The average Bonchev–Trinajstić information content (AvgIpc) is 1.41. The van der Waals surface area contributed by atoms with Gasteiger partial charge < -0.3 is 45.6 Å². The molecule has 0 amide bonds. The third kappa shape index (κ3) is 2650. The molecule has 0 aromatic heterocycles. The Morgan fingerprint density at radius 1 is 0.444 bits per heavy atom. The molecule has 112 valence electrons. The Bertz CT molecular complexity index is 89.5. The first-order valence-corrected chi connectivity index (χ1v) is 5.56. The smallest absolute Gasteiger partial charge is 1.00 e. The van der Waals surface area contributed by atoms with Crippen molar-refractivity contribution in [2.75, 3.05) is 0 Å². The minimum atomic E-state index is 0. The second-order valence-electron chi connectivity index (χ2n) is 7.68. The Morgan fingerprint density at radius 3 is 0.444 bits per heavy atom. The number of halogens is 2. The van der Waals surface area contributed by atoms with E-state index in [0.29, 0.717) is 0 Å². The van der Waals surface area contributed by atoms with Crippen LogP contribution < -0.4 is 24.8 Å². The summed E-state index contributed by atoms with van der Waals surface area (Å²) in [6.45, 7) is 30.0. The van der Waals surface area contributed by atoms with E-state index in [9.17, 15) is 0 Å². The summed E-state index contributed by atoms with van der Waals surface area (Å²) in [5.41, 5.74) is 0.750. The van der Waals surface area contributed by atoms with Gasteiger partial charge in [0.05, 0.1) is 0 Å². The molecule has 0 aliphatic heterocycles. The zero-order valence-electron chi connectivity index (χ0n) is 13.8. The molecule has 0 aromatic carbocycles. The molecule has 0 radical (unpaired) electrons. The van der Waals surface area contributed by atoms with Gasteiger partial charge in [0.1, 0.15) is 0 Å². The van der Waals surface area contributed by atoms with E-state index in [1.165, 1.54) is 0 Å². The van der Waals surface area contributed by atoms with Gasteiger partial charge in [-0.3, -0.25) is 0 Å². The molecule has 0 nitrogen and oxygen atoms in total. The second kappa shape index (κ2) is 14.7. The summed E-state index contributed by atoms with van der Waals surface area (Å²) in [6, 6.07) is 0. The van der Waals surface area contributed by atoms with Crippen LogP contribution in [0.3, 0.4) is 0 Å². The molecule has 0 unspecified atom stereocenters. The van der Waals surface area contributed by atoms with Crippen LogP contribution in [0.1, 0.15) is 62.3 Å². The minimum absolute atomic E-state index is 0. The molecule has 0 heterocycles. The zero-order valence-corrected chi connectivity index (χ0v) is 18.5. The molecule has 0 aliphatic rings. The fraction of sp³-hybridized carbons (Fsp3) is 0.800. The van der Waals surface area contributed by atoms with E-state index in [1.54, 1.807) is 0 Å². The Morgan fingerprint density at radius 2 is 0.444 bits per heavy atom. The van der Waals surface area contributed by atoms with E-state index in [4.69, 9.17) is 0 Å². The molecule has 0 fully saturated rings. The van der Waals surface area contributed by atoms with Gasteiger partial charge in [-0.1, -0.05) is 62.3 Å². The average molecular weight is 465 g/mol. The summed E-state index contributed by atoms with van der Waals surface area (Å²) in [6.07, 6.45) is 0. The van der Waals surface area contributed by atoms with E-state index in [0.717, 1.165) is 0 Å². The molecule has 0 bridgehead atoms. The van der Waals surface area contributed by atoms with Crippen molar-refractivity contribution in [3.63, 3.8) is 0 Å². The molecule has 0 saturated heterocycles. The van der Waals surface area contributed by atoms with Gasteiger partial charge in [-0.2, -0.15) is 16.2 Å². The first-order chi connectivity index (χ1) is 6.00. The first-order valence-electron chi connectivity index (χ1n) is 5.56. The summed E-state index contributed by atoms with van der Waals surface area (Å²) in [5, 5.41) is 0. The maximum Gasteiger partial charge on any atom is 5.00 e. The van der Waals surface area contributed by atoms with Crippen molar-refractivity contribution in [1.29, 1.82) is 0 Å². The van der Waals surface area contributed by atoms with E-state index in [-0.39, 0.29) is 63.4 Å². The number of hydrogen-bond donors (Lipinski definition) is 0. The van der Waals surface area contributed by atoms with Gasteiger partial charge >= 0.3 is 22.4 Å². The van der Waals surface area contributed by atoms with Crippen LogP contribution in [-0.4, -0.2) is 0 Å². The van der Waals surface area contributed by atoms with Crippen molar-refractivity contribution in [3.05, 3.63) is 20.8 Å². The molecule has 18 heavy (non-hydrogen) atoms.